The first kappa shape index (κ1) is 17.0. The Bertz CT molecular complexity index is 422. The van der Waals surface area contributed by atoms with E-state index in [2.05, 4.69) is 5.32 Å². The van der Waals surface area contributed by atoms with Crippen LogP contribution in [0.1, 0.15) is 71.1 Å². The second kappa shape index (κ2) is 8.30. The van der Waals surface area contributed by atoms with Crippen LogP contribution < -0.4 is 5.32 Å². The van der Waals surface area contributed by atoms with Crippen molar-refractivity contribution in [3.63, 3.8) is 0 Å². The summed E-state index contributed by atoms with van der Waals surface area (Å²) in [5, 5.41) is 3.03. The summed E-state index contributed by atoms with van der Waals surface area (Å²) >= 11 is 0. The van der Waals surface area contributed by atoms with E-state index >= 15 is 0 Å². The molecule has 1 heterocycles. The molecule has 2 fully saturated rings. The van der Waals surface area contributed by atoms with Gasteiger partial charge >= 0.3 is 0 Å². The smallest absolute Gasteiger partial charge is 0.239 e. The third-order valence-electron chi connectivity index (χ3n) is 4.78. The first-order valence-electron chi connectivity index (χ1n) is 8.66. The van der Waals surface area contributed by atoms with Crippen LogP contribution >= 0.6 is 0 Å². The quantitative estimate of drug-likeness (QED) is 0.733. The second-order valence-corrected chi connectivity index (χ2v) is 6.66. The molecule has 5 heteroatoms. The summed E-state index contributed by atoms with van der Waals surface area (Å²) in [4.78, 5) is 36.9. The van der Waals surface area contributed by atoms with Crippen molar-refractivity contribution >= 4 is 17.6 Å². The van der Waals surface area contributed by atoms with E-state index in [1.807, 2.05) is 4.90 Å². The molecule has 0 radical (unpaired) electrons. The molecule has 1 saturated carbocycles. The Morgan fingerprint density at radius 2 is 1.77 bits per heavy atom. The van der Waals surface area contributed by atoms with Gasteiger partial charge in [0.2, 0.25) is 11.8 Å². The predicted octanol–water partition coefficient (Wildman–Crippen LogP) is 2.19. The summed E-state index contributed by atoms with van der Waals surface area (Å²) in [5.41, 5.74) is 0. The molecule has 5 nitrogen and oxygen atoms in total. The van der Waals surface area contributed by atoms with Crippen molar-refractivity contribution in [2.45, 2.75) is 83.2 Å². The monoisotopic (exact) mass is 308 g/mol. The lowest BCUT2D eigenvalue weighted by molar-refractivity contribution is -0.144. The van der Waals surface area contributed by atoms with Gasteiger partial charge in [-0.15, -0.1) is 0 Å². The number of rotatable bonds is 7. The topological polar surface area (TPSA) is 66.5 Å². The summed E-state index contributed by atoms with van der Waals surface area (Å²) in [6.07, 6.45) is 9.20. The number of carbonyl (C=O) groups excluding carboxylic acids is 3. The molecule has 0 unspecified atom stereocenters. The van der Waals surface area contributed by atoms with Crippen LogP contribution in [0, 0.1) is 0 Å². The van der Waals surface area contributed by atoms with E-state index in [-0.39, 0.29) is 36.2 Å². The van der Waals surface area contributed by atoms with E-state index in [0.29, 0.717) is 12.8 Å². The normalized spacial score (nSPS) is 24.6. The highest BCUT2D eigenvalue weighted by Gasteiger charge is 2.38. The molecular formula is C17H28N2O3. The molecule has 1 aliphatic heterocycles. The zero-order valence-electron chi connectivity index (χ0n) is 13.6. The maximum Gasteiger partial charge on any atom is 0.239 e. The summed E-state index contributed by atoms with van der Waals surface area (Å²) in [7, 11) is 0. The number of ketones is 1. The number of nitrogens with zero attached hydrogens (tertiary/aromatic N) is 1. The van der Waals surface area contributed by atoms with Crippen LogP contribution in [-0.4, -0.2) is 41.1 Å². The Labute approximate surface area is 132 Å². The number of fused-ring (bicyclic) bond motifs is 1. The van der Waals surface area contributed by atoms with E-state index in [0.717, 1.165) is 51.4 Å². The zero-order valence-corrected chi connectivity index (χ0v) is 13.6. The van der Waals surface area contributed by atoms with Gasteiger partial charge < -0.3 is 15.0 Å². The third kappa shape index (κ3) is 4.82. The van der Waals surface area contributed by atoms with E-state index in [9.17, 15) is 14.4 Å². The number of piperazine rings is 1. The van der Waals surface area contributed by atoms with E-state index in [1.54, 1.807) is 6.92 Å². The molecule has 1 saturated heterocycles. The fourth-order valence-electron chi connectivity index (χ4n) is 3.60. The standard InChI is InChI=1S/C17H28N2O3/c1-13(20)8-4-2-3-5-11-17(22)19-12-16(21)18-14-9-6-7-10-15(14)19/h14-15H,2-12H2,1H3,(H,18,21)/t14-,15-/m0/s1. The molecule has 0 aromatic heterocycles. The molecule has 0 aromatic carbocycles. The molecule has 0 spiro atoms. The van der Waals surface area contributed by atoms with Crippen LogP contribution in [0.4, 0.5) is 0 Å². The largest absolute Gasteiger partial charge is 0.350 e. The number of hydrogen-bond acceptors (Lipinski definition) is 3. The van der Waals surface area contributed by atoms with Gasteiger partial charge in [-0.05, 0) is 32.6 Å². The maximum absolute atomic E-state index is 12.4. The van der Waals surface area contributed by atoms with E-state index < -0.39 is 0 Å². The minimum absolute atomic E-state index is 0.0158. The van der Waals surface area contributed by atoms with Gasteiger partial charge in [0.05, 0.1) is 12.6 Å². The maximum atomic E-state index is 12.4. The summed E-state index contributed by atoms with van der Waals surface area (Å²) < 4.78 is 0. The van der Waals surface area contributed by atoms with Crippen molar-refractivity contribution in [1.29, 1.82) is 0 Å². The van der Waals surface area contributed by atoms with Gasteiger partial charge in [-0.2, -0.15) is 0 Å². The summed E-state index contributed by atoms with van der Waals surface area (Å²) in [6, 6.07) is 0.367. The Kier molecular flexibility index (Phi) is 6.40. The molecule has 2 atom stereocenters. The number of Topliss-reactive ketones (excluding diaryl/α,β-unsaturated/α-hetero) is 1. The lowest BCUT2D eigenvalue weighted by Crippen LogP contribution is -2.62. The number of unbranched alkanes of at least 4 members (excludes halogenated alkanes) is 3. The summed E-state index contributed by atoms with van der Waals surface area (Å²) in [5.74, 6) is 0.343. The highest BCUT2D eigenvalue weighted by atomic mass is 16.2. The van der Waals surface area contributed by atoms with Crippen LogP contribution in [0.25, 0.3) is 0 Å². The van der Waals surface area contributed by atoms with E-state index in [4.69, 9.17) is 0 Å². The molecule has 2 aliphatic rings. The van der Waals surface area contributed by atoms with Gasteiger partial charge in [0.15, 0.2) is 0 Å². The summed E-state index contributed by atoms with van der Waals surface area (Å²) in [6.45, 7) is 1.84. The lowest BCUT2D eigenvalue weighted by atomic mass is 9.87. The van der Waals surface area contributed by atoms with Gasteiger partial charge in [-0.1, -0.05) is 25.7 Å². The average Bonchev–Trinajstić information content (AvgIpc) is 2.49. The van der Waals surface area contributed by atoms with Gasteiger partial charge in [0.25, 0.3) is 0 Å². The minimum Gasteiger partial charge on any atom is -0.350 e. The Morgan fingerprint density at radius 3 is 2.50 bits per heavy atom. The Balaban J connectivity index is 1.73. The van der Waals surface area contributed by atoms with Crippen LogP contribution in [0.3, 0.4) is 0 Å². The number of nitrogens with one attached hydrogen (secondary N) is 1. The number of carbonyl (C=O) groups is 3. The first-order valence-corrected chi connectivity index (χ1v) is 8.66. The molecule has 124 valence electrons. The lowest BCUT2D eigenvalue weighted by Gasteiger charge is -2.44. The van der Waals surface area contributed by atoms with Crippen molar-refractivity contribution in [3.8, 4) is 0 Å². The highest BCUT2D eigenvalue weighted by Crippen LogP contribution is 2.26. The molecule has 1 N–H and O–H groups in total. The zero-order chi connectivity index (χ0) is 15.9. The fourth-order valence-corrected chi connectivity index (χ4v) is 3.60. The van der Waals surface area contributed by atoms with Crippen molar-refractivity contribution in [1.82, 2.24) is 10.2 Å². The SMILES string of the molecule is CC(=O)CCCCCCC(=O)N1CC(=O)N[C@H]2CCCC[C@@H]21. The van der Waals surface area contributed by atoms with Gasteiger partial charge in [0.1, 0.15) is 5.78 Å². The molecule has 0 bridgehead atoms. The Morgan fingerprint density at radius 1 is 1.09 bits per heavy atom. The molecule has 22 heavy (non-hydrogen) atoms. The molecule has 2 amide bonds. The van der Waals surface area contributed by atoms with Crippen molar-refractivity contribution in [3.05, 3.63) is 0 Å². The molecule has 1 aliphatic carbocycles. The predicted molar refractivity (Wildman–Crippen MR) is 84.3 cm³/mol. The van der Waals surface area contributed by atoms with Crippen LogP contribution in [0.5, 0.6) is 0 Å². The number of amides is 2. The van der Waals surface area contributed by atoms with E-state index in [1.165, 1.54) is 0 Å². The van der Waals surface area contributed by atoms with Gasteiger partial charge in [-0.3, -0.25) is 9.59 Å². The van der Waals surface area contributed by atoms with Crippen LogP contribution in [-0.2, 0) is 14.4 Å². The van der Waals surface area contributed by atoms with Crippen molar-refractivity contribution < 1.29 is 14.4 Å². The van der Waals surface area contributed by atoms with Crippen LogP contribution in [0.2, 0.25) is 0 Å². The fraction of sp³-hybridized carbons (Fsp3) is 0.824. The van der Waals surface area contributed by atoms with Crippen molar-refractivity contribution in [2.24, 2.45) is 0 Å². The number of hydrogen-bond donors (Lipinski definition) is 1. The van der Waals surface area contributed by atoms with Crippen molar-refractivity contribution in [2.75, 3.05) is 6.54 Å². The highest BCUT2D eigenvalue weighted by molar-refractivity contribution is 5.86. The average molecular weight is 308 g/mol. The Hall–Kier alpha value is -1.39. The van der Waals surface area contributed by atoms with Crippen LogP contribution in [0.15, 0.2) is 0 Å². The first-order chi connectivity index (χ1) is 10.6. The third-order valence-corrected chi connectivity index (χ3v) is 4.78. The van der Waals surface area contributed by atoms with Gasteiger partial charge in [0, 0.05) is 18.9 Å². The second-order valence-electron chi connectivity index (χ2n) is 6.66. The van der Waals surface area contributed by atoms with Gasteiger partial charge in [-0.25, -0.2) is 0 Å². The molecule has 2 rings (SSSR count). The molecule has 0 aromatic rings. The molecular weight excluding hydrogens is 280 g/mol. The minimum atomic E-state index is -0.0158.